The molecule has 3 unspecified atom stereocenters. The number of rotatable bonds is 2. The van der Waals surface area contributed by atoms with Crippen LogP contribution in [0.5, 0.6) is 0 Å². The molecule has 0 saturated carbocycles. The lowest BCUT2D eigenvalue weighted by atomic mass is 10.0. The van der Waals surface area contributed by atoms with E-state index < -0.39 is 0 Å². The van der Waals surface area contributed by atoms with Gasteiger partial charge in [-0.15, -0.1) is 0 Å². The summed E-state index contributed by atoms with van der Waals surface area (Å²) in [7, 11) is 0. The minimum Gasteiger partial charge on any atom is -0.393 e. The lowest BCUT2D eigenvalue weighted by molar-refractivity contribution is -0.129. The quantitative estimate of drug-likeness (QED) is 0.743. The van der Waals surface area contributed by atoms with Crippen LogP contribution in [0.25, 0.3) is 0 Å². The average molecular weight is 250 g/mol. The van der Waals surface area contributed by atoms with E-state index in [1.165, 1.54) is 0 Å². The third kappa shape index (κ3) is 2.68. The molecule has 1 aliphatic heterocycles. The van der Waals surface area contributed by atoms with Crippen LogP contribution in [0.4, 0.5) is 0 Å². The number of hydrogen-bond acceptors (Lipinski definition) is 2. The molecule has 0 aromatic carbocycles. The largest absolute Gasteiger partial charge is 0.393 e. The number of carbonyl (C=O) groups excluding carboxylic acids is 1. The normalized spacial score (nSPS) is 27.4. The van der Waals surface area contributed by atoms with Crippen molar-refractivity contribution in [2.75, 3.05) is 13.1 Å². The molecule has 3 nitrogen and oxygen atoms in total. The zero-order chi connectivity index (χ0) is 10.0. The van der Waals surface area contributed by atoms with Crippen molar-refractivity contribution in [3.8, 4) is 0 Å². The molecule has 0 bridgehead atoms. The lowest BCUT2D eigenvalue weighted by Crippen LogP contribution is -2.34. The Morgan fingerprint density at radius 1 is 1.62 bits per heavy atom. The van der Waals surface area contributed by atoms with Crippen LogP contribution in [0.1, 0.15) is 20.3 Å². The van der Waals surface area contributed by atoms with Crippen LogP contribution in [0.2, 0.25) is 0 Å². The maximum Gasteiger partial charge on any atom is 0.236 e. The van der Waals surface area contributed by atoms with E-state index in [0.717, 1.165) is 13.0 Å². The van der Waals surface area contributed by atoms with Gasteiger partial charge in [-0.25, -0.2) is 0 Å². The number of nitrogens with zero attached hydrogens (tertiary/aromatic N) is 1. The first kappa shape index (κ1) is 11.0. The van der Waals surface area contributed by atoms with E-state index in [1.807, 2.05) is 11.8 Å². The van der Waals surface area contributed by atoms with Gasteiger partial charge in [-0.3, -0.25) is 4.79 Å². The molecule has 0 aliphatic carbocycles. The fourth-order valence-electron chi connectivity index (χ4n) is 1.63. The standard InChI is InChI=1S/C9H16BrNO2/c1-6(10)9(13)11-4-3-8(5-11)7(2)12/h6-8,12H,3-5H2,1-2H3. The number of aliphatic hydroxyl groups excluding tert-OH is 1. The number of carbonyl (C=O) groups is 1. The molecule has 1 N–H and O–H groups in total. The van der Waals surface area contributed by atoms with Gasteiger partial charge in [0.15, 0.2) is 0 Å². The van der Waals surface area contributed by atoms with E-state index in [0.29, 0.717) is 6.54 Å². The molecule has 0 aromatic heterocycles. The summed E-state index contributed by atoms with van der Waals surface area (Å²) in [6.45, 7) is 5.10. The van der Waals surface area contributed by atoms with Crippen LogP contribution in [0.15, 0.2) is 0 Å². The number of alkyl halides is 1. The van der Waals surface area contributed by atoms with Crippen LogP contribution < -0.4 is 0 Å². The summed E-state index contributed by atoms with van der Waals surface area (Å²) in [4.78, 5) is 13.2. The second-order valence-electron chi connectivity index (χ2n) is 3.69. The highest BCUT2D eigenvalue weighted by molar-refractivity contribution is 9.10. The van der Waals surface area contributed by atoms with E-state index in [2.05, 4.69) is 15.9 Å². The smallest absolute Gasteiger partial charge is 0.236 e. The second-order valence-corrected chi connectivity index (χ2v) is 5.06. The van der Waals surface area contributed by atoms with Gasteiger partial charge in [0.05, 0.1) is 10.9 Å². The van der Waals surface area contributed by atoms with Crippen LogP contribution in [0.3, 0.4) is 0 Å². The van der Waals surface area contributed by atoms with E-state index in [1.54, 1.807) is 6.92 Å². The summed E-state index contributed by atoms with van der Waals surface area (Å²) in [5.41, 5.74) is 0. The lowest BCUT2D eigenvalue weighted by Gasteiger charge is -2.18. The number of halogens is 1. The monoisotopic (exact) mass is 249 g/mol. The molecule has 13 heavy (non-hydrogen) atoms. The van der Waals surface area contributed by atoms with E-state index in [9.17, 15) is 9.90 Å². The number of likely N-dealkylation sites (tertiary alicyclic amines) is 1. The highest BCUT2D eigenvalue weighted by Gasteiger charge is 2.30. The Kier molecular flexibility index (Phi) is 3.74. The molecule has 76 valence electrons. The van der Waals surface area contributed by atoms with Crippen LogP contribution in [-0.2, 0) is 4.79 Å². The average Bonchev–Trinajstić information content (AvgIpc) is 2.50. The Morgan fingerprint density at radius 2 is 2.23 bits per heavy atom. The molecule has 0 aromatic rings. The van der Waals surface area contributed by atoms with Crippen LogP contribution in [-0.4, -0.2) is 39.9 Å². The van der Waals surface area contributed by atoms with Crippen molar-refractivity contribution in [1.29, 1.82) is 0 Å². The number of hydrogen-bond donors (Lipinski definition) is 1. The van der Waals surface area contributed by atoms with Crippen molar-refractivity contribution in [2.45, 2.75) is 31.2 Å². The summed E-state index contributed by atoms with van der Waals surface area (Å²) in [6.07, 6.45) is 0.617. The Labute approximate surface area is 87.2 Å². The van der Waals surface area contributed by atoms with Crippen molar-refractivity contribution in [3.05, 3.63) is 0 Å². The van der Waals surface area contributed by atoms with Gasteiger partial charge in [-0.2, -0.15) is 0 Å². The maximum absolute atomic E-state index is 11.5. The molecule has 3 atom stereocenters. The SMILES string of the molecule is CC(Br)C(=O)N1CCC(C(C)O)C1. The van der Waals surface area contributed by atoms with Crippen molar-refractivity contribution >= 4 is 21.8 Å². The third-order valence-electron chi connectivity index (χ3n) is 2.56. The fraction of sp³-hybridized carbons (Fsp3) is 0.889. The van der Waals surface area contributed by atoms with Gasteiger partial charge in [0.1, 0.15) is 0 Å². The Bertz CT molecular complexity index is 194. The van der Waals surface area contributed by atoms with Gasteiger partial charge >= 0.3 is 0 Å². The van der Waals surface area contributed by atoms with Crippen LogP contribution >= 0.6 is 15.9 Å². The van der Waals surface area contributed by atoms with Crippen molar-refractivity contribution < 1.29 is 9.90 Å². The van der Waals surface area contributed by atoms with E-state index in [4.69, 9.17) is 0 Å². The Morgan fingerprint density at radius 3 is 2.62 bits per heavy atom. The van der Waals surface area contributed by atoms with Crippen molar-refractivity contribution in [1.82, 2.24) is 4.90 Å². The van der Waals surface area contributed by atoms with Gasteiger partial charge in [-0.1, -0.05) is 15.9 Å². The van der Waals surface area contributed by atoms with Crippen molar-refractivity contribution in [3.63, 3.8) is 0 Å². The first-order valence-corrected chi connectivity index (χ1v) is 5.55. The molecule has 1 saturated heterocycles. The highest BCUT2D eigenvalue weighted by Crippen LogP contribution is 2.21. The molecule has 1 aliphatic rings. The summed E-state index contributed by atoms with van der Waals surface area (Å²) < 4.78 is 0. The molecule has 1 heterocycles. The minimum absolute atomic E-state index is 0.111. The fourth-order valence-corrected chi connectivity index (χ4v) is 1.92. The maximum atomic E-state index is 11.5. The molecular weight excluding hydrogens is 234 g/mol. The first-order valence-electron chi connectivity index (χ1n) is 4.63. The van der Waals surface area contributed by atoms with Gasteiger partial charge in [0.2, 0.25) is 5.91 Å². The van der Waals surface area contributed by atoms with Gasteiger partial charge in [0, 0.05) is 19.0 Å². The minimum atomic E-state index is -0.302. The Balaban J connectivity index is 2.45. The molecule has 1 rings (SSSR count). The van der Waals surface area contributed by atoms with Gasteiger partial charge in [0.25, 0.3) is 0 Å². The van der Waals surface area contributed by atoms with Crippen molar-refractivity contribution in [2.24, 2.45) is 5.92 Å². The topological polar surface area (TPSA) is 40.5 Å². The number of aliphatic hydroxyl groups is 1. The molecule has 0 radical (unpaired) electrons. The zero-order valence-corrected chi connectivity index (χ0v) is 9.62. The second kappa shape index (κ2) is 4.42. The van der Waals surface area contributed by atoms with Crippen LogP contribution in [0, 0.1) is 5.92 Å². The summed E-state index contributed by atoms with van der Waals surface area (Å²) in [6, 6.07) is 0. The van der Waals surface area contributed by atoms with Gasteiger partial charge in [-0.05, 0) is 20.3 Å². The zero-order valence-electron chi connectivity index (χ0n) is 8.03. The Hall–Kier alpha value is -0.0900. The summed E-state index contributed by atoms with van der Waals surface area (Å²) in [5, 5.41) is 9.34. The predicted molar refractivity (Wildman–Crippen MR) is 54.8 cm³/mol. The first-order chi connectivity index (χ1) is 6.02. The van der Waals surface area contributed by atoms with E-state index in [-0.39, 0.29) is 22.8 Å². The van der Waals surface area contributed by atoms with Gasteiger partial charge < -0.3 is 10.0 Å². The summed E-state index contributed by atoms with van der Waals surface area (Å²) in [5.74, 6) is 0.387. The summed E-state index contributed by atoms with van der Waals surface area (Å²) >= 11 is 3.25. The predicted octanol–water partition coefficient (Wildman–Crippen LogP) is 0.999. The molecular formula is C9H16BrNO2. The molecule has 4 heteroatoms. The highest BCUT2D eigenvalue weighted by atomic mass is 79.9. The molecule has 1 fully saturated rings. The van der Waals surface area contributed by atoms with E-state index >= 15 is 0 Å². The molecule has 0 spiro atoms. The number of amides is 1. The third-order valence-corrected chi connectivity index (χ3v) is 2.95. The molecule has 1 amide bonds.